The molecule has 1 saturated carbocycles. The second-order valence-corrected chi connectivity index (χ2v) is 6.79. The molecule has 0 bridgehead atoms. The van der Waals surface area contributed by atoms with Gasteiger partial charge in [-0.25, -0.2) is 0 Å². The predicted molar refractivity (Wildman–Crippen MR) is 65.2 cm³/mol. The minimum Gasteiger partial charge on any atom is -0.468 e. The maximum atomic E-state index is 12.5. The van der Waals surface area contributed by atoms with Crippen LogP contribution < -0.4 is 0 Å². The Labute approximate surface area is 112 Å². The van der Waals surface area contributed by atoms with Crippen LogP contribution in [-0.2, 0) is 23.8 Å². The SMILES string of the molecule is COC(=O)[C@]12C(=O)OC(C)(C)[C@]13OCC[C@@H]3C2(C)C. The monoisotopic (exact) mass is 268 g/mol. The number of methoxy groups -OCH3 is 1. The van der Waals surface area contributed by atoms with Crippen LogP contribution in [0.25, 0.3) is 0 Å². The van der Waals surface area contributed by atoms with Crippen molar-refractivity contribution in [2.75, 3.05) is 13.7 Å². The van der Waals surface area contributed by atoms with Gasteiger partial charge < -0.3 is 14.2 Å². The number of esters is 2. The topological polar surface area (TPSA) is 61.8 Å². The van der Waals surface area contributed by atoms with Gasteiger partial charge in [-0.05, 0) is 20.3 Å². The van der Waals surface area contributed by atoms with Gasteiger partial charge in [-0.1, -0.05) is 13.8 Å². The summed E-state index contributed by atoms with van der Waals surface area (Å²) in [6.07, 6.45) is 0.839. The number of carbonyl (C=O) groups is 2. The fourth-order valence-electron chi connectivity index (χ4n) is 5.04. The molecule has 1 aliphatic carbocycles. The van der Waals surface area contributed by atoms with Crippen LogP contribution in [-0.4, -0.2) is 36.9 Å². The average molecular weight is 268 g/mol. The molecule has 0 N–H and O–H groups in total. The van der Waals surface area contributed by atoms with E-state index in [9.17, 15) is 9.59 Å². The van der Waals surface area contributed by atoms with Crippen molar-refractivity contribution in [3.05, 3.63) is 0 Å². The molecule has 3 rings (SSSR count). The molecule has 2 aliphatic heterocycles. The second kappa shape index (κ2) is 3.14. The normalized spacial score (nSPS) is 44.9. The van der Waals surface area contributed by atoms with Gasteiger partial charge in [0.05, 0.1) is 7.11 Å². The third-order valence-corrected chi connectivity index (χ3v) is 5.66. The van der Waals surface area contributed by atoms with Gasteiger partial charge in [0.15, 0.2) is 0 Å². The molecule has 19 heavy (non-hydrogen) atoms. The van der Waals surface area contributed by atoms with E-state index in [0.29, 0.717) is 6.61 Å². The van der Waals surface area contributed by atoms with Gasteiger partial charge in [0, 0.05) is 17.9 Å². The van der Waals surface area contributed by atoms with E-state index in [1.54, 1.807) is 0 Å². The van der Waals surface area contributed by atoms with E-state index in [-0.39, 0.29) is 5.92 Å². The molecule has 2 saturated heterocycles. The third-order valence-electron chi connectivity index (χ3n) is 5.66. The smallest absolute Gasteiger partial charge is 0.327 e. The summed E-state index contributed by atoms with van der Waals surface area (Å²) in [5.74, 6) is -0.917. The lowest BCUT2D eigenvalue weighted by Gasteiger charge is -2.65. The van der Waals surface area contributed by atoms with Crippen LogP contribution in [0.3, 0.4) is 0 Å². The Kier molecular flexibility index (Phi) is 2.13. The summed E-state index contributed by atoms with van der Waals surface area (Å²) < 4.78 is 16.4. The highest BCUT2D eigenvalue weighted by molar-refractivity contribution is 6.07. The van der Waals surface area contributed by atoms with Crippen molar-refractivity contribution < 1.29 is 23.8 Å². The molecule has 0 radical (unpaired) electrons. The zero-order chi connectivity index (χ0) is 14.3. The Balaban J connectivity index is 2.28. The van der Waals surface area contributed by atoms with Gasteiger partial charge >= 0.3 is 11.9 Å². The number of carbonyl (C=O) groups excluding carboxylic acids is 2. The van der Waals surface area contributed by atoms with Crippen LogP contribution in [0.1, 0.15) is 34.1 Å². The minimum absolute atomic E-state index is 0.126. The maximum absolute atomic E-state index is 12.5. The molecule has 3 atom stereocenters. The number of cyclic esters (lactones) is 1. The van der Waals surface area contributed by atoms with Crippen LogP contribution >= 0.6 is 0 Å². The standard InChI is InChI=1S/C14H20O5/c1-11(2)8-6-7-18-14(8)12(3,4)19-10(16)13(11,14)9(15)17-5/h8H,6-7H2,1-5H3/t8-,13-,14+/m1/s1. The van der Waals surface area contributed by atoms with E-state index in [1.165, 1.54) is 7.11 Å². The van der Waals surface area contributed by atoms with Gasteiger partial charge in [-0.15, -0.1) is 0 Å². The molecule has 3 aliphatic rings. The third kappa shape index (κ3) is 0.919. The molecule has 1 spiro atoms. The molecular formula is C14H20O5. The molecule has 5 heteroatoms. The summed E-state index contributed by atoms with van der Waals surface area (Å²) in [4.78, 5) is 25.0. The molecular weight excluding hydrogens is 248 g/mol. The zero-order valence-corrected chi connectivity index (χ0v) is 12.0. The van der Waals surface area contributed by atoms with E-state index in [2.05, 4.69) is 0 Å². The number of rotatable bonds is 1. The van der Waals surface area contributed by atoms with E-state index < -0.39 is 34.0 Å². The number of ether oxygens (including phenoxy) is 3. The lowest BCUT2D eigenvalue weighted by Crippen LogP contribution is -2.80. The van der Waals surface area contributed by atoms with Crippen molar-refractivity contribution in [3.8, 4) is 0 Å². The van der Waals surface area contributed by atoms with Crippen molar-refractivity contribution in [2.24, 2.45) is 16.7 Å². The molecule has 5 nitrogen and oxygen atoms in total. The van der Waals surface area contributed by atoms with Crippen LogP contribution in [0.4, 0.5) is 0 Å². The van der Waals surface area contributed by atoms with Crippen molar-refractivity contribution in [3.63, 3.8) is 0 Å². The summed E-state index contributed by atoms with van der Waals surface area (Å²) in [6, 6.07) is 0. The predicted octanol–water partition coefficient (Wildman–Crippen LogP) is 1.30. The molecule has 3 fully saturated rings. The first-order chi connectivity index (χ1) is 8.70. The highest BCUT2D eigenvalue weighted by Crippen LogP contribution is 2.78. The Hall–Kier alpha value is -1.10. The quantitative estimate of drug-likeness (QED) is 0.530. The second-order valence-electron chi connectivity index (χ2n) is 6.79. The molecule has 2 heterocycles. The van der Waals surface area contributed by atoms with Gasteiger partial charge in [-0.3, -0.25) is 9.59 Å². The summed E-state index contributed by atoms with van der Waals surface area (Å²) in [5.41, 5.74) is -3.54. The van der Waals surface area contributed by atoms with Crippen molar-refractivity contribution >= 4 is 11.9 Å². The summed E-state index contributed by atoms with van der Waals surface area (Å²) in [5, 5.41) is 0. The molecule has 0 aromatic rings. The highest BCUT2D eigenvalue weighted by Gasteiger charge is 2.94. The average Bonchev–Trinajstić information content (AvgIpc) is 2.77. The first-order valence-electron chi connectivity index (χ1n) is 6.66. The van der Waals surface area contributed by atoms with E-state index in [1.807, 2.05) is 27.7 Å². The highest BCUT2D eigenvalue weighted by atomic mass is 16.6. The van der Waals surface area contributed by atoms with E-state index in [0.717, 1.165) is 6.42 Å². The molecule has 0 aromatic heterocycles. The fraction of sp³-hybridized carbons (Fsp3) is 0.857. The van der Waals surface area contributed by atoms with Crippen LogP contribution in [0.5, 0.6) is 0 Å². The van der Waals surface area contributed by atoms with Crippen LogP contribution in [0, 0.1) is 16.7 Å². The minimum atomic E-state index is -1.33. The Morgan fingerprint density at radius 3 is 2.53 bits per heavy atom. The van der Waals surface area contributed by atoms with Crippen molar-refractivity contribution in [2.45, 2.75) is 45.3 Å². The molecule has 0 unspecified atom stereocenters. The van der Waals surface area contributed by atoms with E-state index in [4.69, 9.17) is 14.2 Å². The largest absolute Gasteiger partial charge is 0.468 e. The number of hydrogen-bond acceptors (Lipinski definition) is 5. The van der Waals surface area contributed by atoms with Crippen LogP contribution in [0.15, 0.2) is 0 Å². The fourth-order valence-corrected chi connectivity index (χ4v) is 5.04. The summed E-state index contributed by atoms with van der Waals surface area (Å²) in [6.45, 7) is 8.06. The maximum Gasteiger partial charge on any atom is 0.327 e. The Morgan fingerprint density at radius 1 is 1.32 bits per heavy atom. The van der Waals surface area contributed by atoms with Crippen molar-refractivity contribution in [1.29, 1.82) is 0 Å². The first-order valence-corrected chi connectivity index (χ1v) is 6.66. The Bertz CT molecular complexity index is 480. The van der Waals surface area contributed by atoms with Gasteiger partial charge in [0.25, 0.3) is 0 Å². The van der Waals surface area contributed by atoms with Crippen molar-refractivity contribution in [1.82, 2.24) is 0 Å². The molecule has 106 valence electrons. The van der Waals surface area contributed by atoms with Gasteiger partial charge in [0.2, 0.25) is 5.41 Å². The zero-order valence-electron chi connectivity index (χ0n) is 12.0. The first kappa shape index (κ1) is 12.9. The summed E-state index contributed by atoms with van der Waals surface area (Å²) >= 11 is 0. The Morgan fingerprint density at radius 2 is 1.95 bits per heavy atom. The lowest BCUT2D eigenvalue weighted by atomic mass is 9.35. The van der Waals surface area contributed by atoms with Crippen LogP contribution in [0.2, 0.25) is 0 Å². The van der Waals surface area contributed by atoms with Gasteiger partial charge in [0.1, 0.15) is 11.2 Å². The van der Waals surface area contributed by atoms with Gasteiger partial charge in [-0.2, -0.15) is 0 Å². The lowest BCUT2D eigenvalue weighted by molar-refractivity contribution is -0.282. The van der Waals surface area contributed by atoms with E-state index >= 15 is 0 Å². The molecule has 0 aromatic carbocycles. The number of hydrogen-bond donors (Lipinski definition) is 0. The molecule has 0 amide bonds. The summed E-state index contributed by atoms with van der Waals surface area (Å²) in [7, 11) is 1.31.